The Morgan fingerprint density at radius 1 is 1.56 bits per heavy atom. The van der Waals surface area contributed by atoms with Crippen LogP contribution in [-0.2, 0) is 4.74 Å². The summed E-state index contributed by atoms with van der Waals surface area (Å²) < 4.78 is 4.75. The summed E-state index contributed by atoms with van der Waals surface area (Å²) in [5.74, 6) is 0.272. The quantitative estimate of drug-likeness (QED) is 0.791. The first-order valence-electron chi connectivity index (χ1n) is 6.37. The minimum Gasteiger partial charge on any atom is -0.464 e. The number of rotatable bonds is 3. The van der Waals surface area contributed by atoms with E-state index in [2.05, 4.69) is 23.7 Å². The largest absolute Gasteiger partial charge is 0.464 e. The molecule has 0 radical (unpaired) electrons. The lowest BCUT2D eigenvalue weighted by Gasteiger charge is -2.27. The number of ether oxygens (including phenoxy) is 1. The van der Waals surface area contributed by atoms with Gasteiger partial charge in [0.1, 0.15) is 0 Å². The fourth-order valence-electron chi connectivity index (χ4n) is 2.51. The maximum atomic E-state index is 11.6. The number of thiazole rings is 1. The van der Waals surface area contributed by atoms with Crippen LogP contribution in [0.2, 0.25) is 0 Å². The normalized spacial score (nSPS) is 19.6. The lowest BCUT2D eigenvalue weighted by Crippen LogP contribution is -2.33. The Labute approximate surface area is 112 Å². The van der Waals surface area contributed by atoms with Crippen LogP contribution in [0.3, 0.4) is 0 Å². The predicted molar refractivity (Wildman–Crippen MR) is 73.4 cm³/mol. The number of hydrogen-bond donors (Lipinski definition) is 0. The van der Waals surface area contributed by atoms with Crippen molar-refractivity contribution in [2.45, 2.75) is 39.7 Å². The number of esters is 1. The van der Waals surface area contributed by atoms with Crippen molar-refractivity contribution < 1.29 is 9.53 Å². The van der Waals surface area contributed by atoms with Crippen molar-refractivity contribution in [3.63, 3.8) is 0 Å². The molecule has 100 valence electrons. The number of aromatic nitrogens is 1. The summed E-state index contributed by atoms with van der Waals surface area (Å²) >= 11 is 1.59. The van der Waals surface area contributed by atoms with E-state index >= 15 is 0 Å². The summed E-state index contributed by atoms with van der Waals surface area (Å²) in [4.78, 5) is 19.3. The molecular weight excluding hydrogens is 248 g/mol. The van der Waals surface area contributed by atoms with Crippen LogP contribution in [0, 0.1) is 12.8 Å². The van der Waals surface area contributed by atoms with Gasteiger partial charge in [0.15, 0.2) is 10.8 Å². The van der Waals surface area contributed by atoms with Crippen molar-refractivity contribution in [3.8, 4) is 0 Å². The minimum absolute atomic E-state index is 0.338. The number of anilines is 1. The van der Waals surface area contributed by atoms with Gasteiger partial charge in [0.25, 0.3) is 0 Å². The van der Waals surface area contributed by atoms with Crippen molar-refractivity contribution in [2.75, 3.05) is 18.6 Å². The molecule has 1 fully saturated rings. The zero-order valence-corrected chi connectivity index (χ0v) is 12.2. The zero-order valence-electron chi connectivity index (χ0n) is 11.4. The highest BCUT2D eigenvalue weighted by atomic mass is 32.1. The van der Waals surface area contributed by atoms with E-state index < -0.39 is 0 Å². The monoisotopic (exact) mass is 268 g/mol. The van der Waals surface area contributed by atoms with Crippen LogP contribution in [-0.4, -0.2) is 30.6 Å². The molecule has 1 aromatic heterocycles. The van der Waals surface area contributed by atoms with E-state index in [4.69, 9.17) is 4.74 Å². The average Bonchev–Trinajstić information content (AvgIpc) is 2.93. The van der Waals surface area contributed by atoms with Gasteiger partial charge in [0.05, 0.1) is 7.11 Å². The Bertz CT molecular complexity index is 442. The van der Waals surface area contributed by atoms with Crippen LogP contribution in [0.15, 0.2) is 0 Å². The highest BCUT2D eigenvalue weighted by molar-refractivity contribution is 7.15. The number of aryl methyl sites for hydroxylation is 1. The van der Waals surface area contributed by atoms with E-state index in [-0.39, 0.29) is 5.97 Å². The first-order chi connectivity index (χ1) is 8.54. The first kappa shape index (κ1) is 13.3. The molecule has 2 rings (SSSR count). The molecule has 5 heteroatoms. The second-order valence-corrected chi connectivity index (χ2v) is 6.22. The molecule has 1 aromatic rings. The number of hydrogen-bond acceptors (Lipinski definition) is 5. The van der Waals surface area contributed by atoms with Gasteiger partial charge < -0.3 is 9.64 Å². The van der Waals surface area contributed by atoms with Crippen LogP contribution in [0.1, 0.15) is 42.1 Å². The summed E-state index contributed by atoms with van der Waals surface area (Å²) in [6.07, 6.45) is 2.42. The highest BCUT2D eigenvalue weighted by Gasteiger charge is 2.30. The molecule has 0 amide bonds. The third-order valence-corrected chi connectivity index (χ3v) is 4.49. The van der Waals surface area contributed by atoms with Crippen LogP contribution in [0.5, 0.6) is 0 Å². The van der Waals surface area contributed by atoms with Crippen LogP contribution < -0.4 is 4.90 Å². The maximum Gasteiger partial charge on any atom is 0.357 e. The van der Waals surface area contributed by atoms with Gasteiger partial charge >= 0.3 is 5.97 Å². The fourth-order valence-corrected chi connectivity index (χ4v) is 3.49. The van der Waals surface area contributed by atoms with Crippen molar-refractivity contribution >= 4 is 22.4 Å². The fraction of sp³-hybridized carbons (Fsp3) is 0.692. The molecule has 1 aliphatic rings. The molecule has 18 heavy (non-hydrogen) atoms. The van der Waals surface area contributed by atoms with Gasteiger partial charge in [-0.1, -0.05) is 13.8 Å². The van der Waals surface area contributed by atoms with Gasteiger partial charge in [0.2, 0.25) is 0 Å². The predicted octanol–water partition coefficient (Wildman–Crippen LogP) is 2.86. The SMILES string of the molecule is COC(=O)c1nc(N2CCCC2C(C)C)sc1C. The van der Waals surface area contributed by atoms with Gasteiger partial charge in [-0.3, -0.25) is 0 Å². The third kappa shape index (κ3) is 2.36. The summed E-state index contributed by atoms with van der Waals surface area (Å²) in [5, 5.41) is 0.962. The lowest BCUT2D eigenvalue weighted by molar-refractivity contribution is 0.0594. The van der Waals surface area contributed by atoms with Crippen molar-refractivity contribution in [2.24, 2.45) is 5.92 Å². The molecule has 0 bridgehead atoms. The topological polar surface area (TPSA) is 42.4 Å². The Morgan fingerprint density at radius 3 is 2.89 bits per heavy atom. The van der Waals surface area contributed by atoms with Crippen LogP contribution in [0.25, 0.3) is 0 Å². The maximum absolute atomic E-state index is 11.6. The molecular formula is C13H20N2O2S. The van der Waals surface area contributed by atoms with E-state index in [0.717, 1.165) is 16.6 Å². The number of methoxy groups -OCH3 is 1. The van der Waals surface area contributed by atoms with Gasteiger partial charge in [-0.2, -0.15) is 0 Å². The van der Waals surface area contributed by atoms with E-state index in [9.17, 15) is 4.79 Å². The second-order valence-electron chi connectivity index (χ2n) is 5.04. The number of carbonyl (C=O) groups excluding carboxylic acids is 1. The molecule has 1 unspecified atom stereocenters. The van der Waals surface area contributed by atoms with Crippen molar-refractivity contribution in [1.82, 2.24) is 4.98 Å². The van der Waals surface area contributed by atoms with Crippen LogP contribution >= 0.6 is 11.3 Å². The Hall–Kier alpha value is -1.10. The third-order valence-electron chi connectivity index (χ3n) is 3.48. The Balaban J connectivity index is 2.26. The van der Waals surface area contributed by atoms with E-state index in [1.807, 2.05) is 6.92 Å². The zero-order chi connectivity index (χ0) is 13.3. The van der Waals surface area contributed by atoms with Crippen LogP contribution in [0.4, 0.5) is 5.13 Å². The minimum atomic E-state index is -0.338. The molecule has 0 aromatic carbocycles. The molecule has 1 atom stereocenters. The molecule has 1 aliphatic heterocycles. The van der Waals surface area contributed by atoms with E-state index in [0.29, 0.717) is 17.7 Å². The lowest BCUT2D eigenvalue weighted by atomic mass is 10.0. The molecule has 0 N–H and O–H groups in total. The standard InChI is InChI=1S/C13H20N2O2S/c1-8(2)10-6-5-7-15(10)13-14-11(9(3)18-13)12(16)17-4/h8,10H,5-7H2,1-4H3. The summed E-state index contributed by atoms with van der Waals surface area (Å²) in [7, 11) is 1.40. The molecule has 0 saturated carbocycles. The Kier molecular flexibility index (Phi) is 3.90. The van der Waals surface area contributed by atoms with E-state index in [1.54, 1.807) is 11.3 Å². The van der Waals surface area contributed by atoms with E-state index in [1.165, 1.54) is 20.0 Å². The summed E-state index contributed by atoms with van der Waals surface area (Å²) in [5.41, 5.74) is 0.465. The number of carbonyl (C=O) groups is 1. The van der Waals surface area contributed by atoms with Gasteiger partial charge in [-0.25, -0.2) is 9.78 Å². The molecule has 1 saturated heterocycles. The number of nitrogens with zero attached hydrogens (tertiary/aromatic N) is 2. The van der Waals surface area contributed by atoms with Crippen molar-refractivity contribution in [3.05, 3.63) is 10.6 Å². The molecule has 2 heterocycles. The van der Waals surface area contributed by atoms with Gasteiger partial charge in [-0.05, 0) is 25.7 Å². The highest BCUT2D eigenvalue weighted by Crippen LogP contribution is 2.34. The Morgan fingerprint density at radius 2 is 2.28 bits per heavy atom. The summed E-state index contributed by atoms with van der Waals surface area (Å²) in [6, 6.07) is 0.543. The molecule has 0 aliphatic carbocycles. The van der Waals surface area contributed by atoms with Gasteiger partial charge in [-0.15, -0.1) is 11.3 Å². The first-order valence-corrected chi connectivity index (χ1v) is 7.18. The second kappa shape index (κ2) is 5.26. The smallest absolute Gasteiger partial charge is 0.357 e. The molecule has 0 spiro atoms. The van der Waals surface area contributed by atoms with Crippen molar-refractivity contribution in [1.29, 1.82) is 0 Å². The molecule has 4 nitrogen and oxygen atoms in total. The summed E-state index contributed by atoms with van der Waals surface area (Å²) in [6.45, 7) is 7.44. The average molecular weight is 268 g/mol. The van der Waals surface area contributed by atoms with Gasteiger partial charge in [0, 0.05) is 17.5 Å².